The highest BCUT2D eigenvalue weighted by Crippen LogP contribution is 2.31. The molecular formula is C18H13ClO5. The zero-order chi connectivity index (χ0) is 17.3. The molecule has 3 aromatic rings. The topological polar surface area (TPSA) is 76.7 Å². The van der Waals surface area contributed by atoms with Gasteiger partial charge < -0.3 is 14.3 Å². The van der Waals surface area contributed by atoms with E-state index in [9.17, 15) is 9.59 Å². The van der Waals surface area contributed by atoms with Gasteiger partial charge >= 0.3 is 5.97 Å². The summed E-state index contributed by atoms with van der Waals surface area (Å²) in [6, 6.07) is 11.8. The van der Waals surface area contributed by atoms with Crippen molar-refractivity contribution in [1.29, 1.82) is 0 Å². The molecule has 0 atom stereocenters. The second kappa shape index (κ2) is 6.37. The van der Waals surface area contributed by atoms with E-state index in [1.807, 2.05) is 6.92 Å². The first kappa shape index (κ1) is 16.1. The number of halogens is 1. The molecule has 0 saturated heterocycles. The number of fused-ring (bicyclic) bond motifs is 1. The molecule has 2 aromatic carbocycles. The summed E-state index contributed by atoms with van der Waals surface area (Å²) in [6.45, 7) is 1.25. The maximum atomic E-state index is 12.7. The van der Waals surface area contributed by atoms with Crippen molar-refractivity contribution in [3.63, 3.8) is 0 Å². The van der Waals surface area contributed by atoms with Crippen LogP contribution >= 0.6 is 11.6 Å². The monoisotopic (exact) mass is 344 g/mol. The first-order chi connectivity index (χ1) is 11.5. The molecule has 1 N–H and O–H groups in total. The summed E-state index contributed by atoms with van der Waals surface area (Å²) in [7, 11) is 0. The standard InChI is InChI=1S/C18H13ClO5/c1-10-2-7-13-14(8-10)24-17(11-3-5-12(19)6-4-11)18(16(13)22)23-9-15(20)21/h2-8H,9H2,1H3,(H,20,21). The molecule has 3 rings (SSSR count). The number of carboxylic acid groups (broad SMARTS) is 1. The fourth-order valence-electron chi connectivity index (χ4n) is 2.34. The van der Waals surface area contributed by atoms with Gasteiger partial charge in [-0.05, 0) is 48.9 Å². The van der Waals surface area contributed by atoms with Crippen LogP contribution in [0, 0.1) is 6.92 Å². The lowest BCUT2D eigenvalue weighted by molar-refractivity contribution is -0.139. The number of hydrogen-bond donors (Lipinski definition) is 1. The average molecular weight is 345 g/mol. The van der Waals surface area contributed by atoms with Gasteiger partial charge in [-0.2, -0.15) is 0 Å². The van der Waals surface area contributed by atoms with Gasteiger partial charge in [-0.25, -0.2) is 4.79 Å². The van der Waals surface area contributed by atoms with Gasteiger partial charge in [0.25, 0.3) is 0 Å². The molecule has 6 heteroatoms. The van der Waals surface area contributed by atoms with Crippen molar-refractivity contribution < 1.29 is 19.1 Å². The molecule has 0 aliphatic heterocycles. The number of carboxylic acids is 1. The van der Waals surface area contributed by atoms with Crippen LogP contribution < -0.4 is 10.2 Å². The van der Waals surface area contributed by atoms with Crippen molar-refractivity contribution in [3.8, 4) is 17.1 Å². The molecule has 0 radical (unpaired) electrons. The quantitative estimate of drug-likeness (QED) is 0.777. The van der Waals surface area contributed by atoms with Gasteiger partial charge in [0.2, 0.25) is 11.2 Å². The summed E-state index contributed by atoms with van der Waals surface area (Å²) in [4.78, 5) is 23.5. The highest BCUT2D eigenvalue weighted by molar-refractivity contribution is 6.30. The molecule has 1 aromatic heterocycles. The molecule has 24 heavy (non-hydrogen) atoms. The maximum Gasteiger partial charge on any atom is 0.341 e. The Balaban J connectivity index is 2.27. The Bertz CT molecular complexity index is 973. The fourth-order valence-corrected chi connectivity index (χ4v) is 2.47. The van der Waals surface area contributed by atoms with Crippen LogP contribution in [0.1, 0.15) is 5.56 Å². The number of ether oxygens (including phenoxy) is 1. The van der Waals surface area contributed by atoms with Gasteiger partial charge in [0, 0.05) is 10.6 Å². The van der Waals surface area contributed by atoms with E-state index in [-0.39, 0.29) is 11.5 Å². The first-order valence-corrected chi connectivity index (χ1v) is 7.51. The van der Waals surface area contributed by atoms with Crippen molar-refractivity contribution in [2.24, 2.45) is 0 Å². The predicted molar refractivity (Wildman–Crippen MR) is 90.8 cm³/mol. The number of hydrogen-bond acceptors (Lipinski definition) is 4. The van der Waals surface area contributed by atoms with E-state index in [1.54, 1.807) is 42.5 Å². The molecule has 122 valence electrons. The molecule has 0 spiro atoms. The Kier molecular flexibility index (Phi) is 4.27. The fraction of sp³-hybridized carbons (Fsp3) is 0.111. The van der Waals surface area contributed by atoms with Crippen molar-refractivity contribution in [1.82, 2.24) is 0 Å². The van der Waals surface area contributed by atoms with Crippen LogP contribution in [-0.2, 0) is 4.79 Å². The van der Waals surface area contributed by atoms with Crippen molar-refractivity contribution >= 4 is 28.5 Å². The SMILES string of the molecule is Cc1ccc2c(=O)c(OCC(=O)O)c(-c3ccc(Cl)cc3)oc2c1. The average Bonchev–Trinajstić information content (AvgIpc) is 2.54. The van der Waals surface area contributed by atoms with Crippen LogP contribution in [0.2, 0.25) is 5.02 Å². The van der Waals surface area contributed by atoms with Crippen molar-refractivity contribution in [2.75, 3.05) is 6.61 Å². The third-order valence-electron chi connectivity index (χ3n) is 3.45. The zero-order valence-corrected chi connectivity index (χ0v) is 13.5. The van der Waals surface area contributed by atoms with Crippen LogP contribution in [0.4, 0.5) is 0 Å². The molecular weight excluding hydrogens is 332 g/mol. The van der Waals surface area contributed by atoms with E-state index in [2.05, 4.69) is 0 Å². The Morgan fingerprint density at radius 1 is 1.21 bits per heavy atom. The van der Waals surface area contributed by atoms with E-state index in [0.29, 0.717) is 21.6 Å². The van der Waals surface area contributed by atoms with E-state index < -0.39 is 18.0 Å². The van der Waals surface area contributed by atoms with E-state index in [4.69, 9.17) is 25.9 Å². The Labute approximate surface area is 142 Å². The summed E-state index contributed by atoms with van der Waals surface area (Å²) in [5, 5.41) is 9.70. The molecule has 1 heterocycles. The number of aliphatic carboxylic acids is 1. The summed E-state index contributed by atoms with van der Waals surface area (Å²) in [5.74, 6) is -1.13. The second-order valence-electron chi connectivity index (χ2n) is 5.28. The highest BCUT2D eigenvalue weighted by atomic mass is 35.5. The normalized spacial score (nSPS) is 10.8. The van der Waals surface area contributed by atoms with Crippen molar-refractivity contribution in [3.05, 3.63) is 63.3 Å². The highest BCUT2D eigenvalue weighted by Gasteiger charge is 2.18. The van der Waals surface area contributed by atoms with Gasteiger partial charge in [-0.1, -0.05) is 17.7 Å². The summed E-state index contributed by atoms with van der Waals surface area (Å²) >= 11 is 5.89. The van der Waals surface area contributed by atoms with Gasteiger partial charge in [0.05, 0.1) is 5.39 Å². The smallest absolute Gasteiger partial charge is 0.341 e. The third kappa shape index (κ3) is 3.12. The first-order valence-electron chi connectivity index (χ1n) is 7.13. The Morgan fingerprint density at radius 3 is 2.58 bits per heavy atom. The minimum absolute atomic E-state index is 0.129. The molecule has 0 saturated carbocycles. The summed E-state index contributed by atoms with van der Waals surface area (Å²) in [5.41, 5.74) is 1.50. The van der Waals surface area contributed by atoms with Crippen LogP contribution in [0.3, 0.4) is 0 Å². The van der Waals surface area contributed by atoms with Crippen LogP contribution in [0.5, 0.6) is 5.75 Å². The number of carbonyl (C=O) groups is 1. The molecule has 0 amide bonds. The zero-order valence-electron chi connectivity index (χ0n) is 12.7. The van der Waals surface area contributed by atoms with E-state index in [1.165, 1.54) is 0 Å². The van der Waals surface area contributed by atoms with Gasteiger partial charge in [0.1, 0.15) is 5.58 Å². The molecule has 0 aliphatic rings. The lowest BCUT2D eigenvalue weighted by Gasteiger charge is -2.11. The molecule has 0 unspecified atom stereocenters. The minimum Gasteiger partial charge on any atom is -0.479 e. The van der Waals surface area contributed by atoms with Gasteiger partial charge in [0.15, 0.2) is 12.4 Å². The van der Waals surface area contributed by atoms with E-state index >= 15 is 0 Å². The van der Waals surface area contributed by atoms with Crippen LogP contribution in [0.25, 0.3) is 22.3 Å². The Morgan fingerprint density at radius 2 is 1.92 bits per heavy atom. The predicted octanol–water partition coefficient (Wildman–Crippen LogP) is 3.89. The van der Waals surface area contributed by atoms with Gasteiger partial charge in [-0.3, -0.25) is 4.79 Å². The number of rotatable bonds is 4. The van der Waals surface area contributed by atoms with Crippen LogP contribution in [-0.4, -0.2) is 17.7 Å². The third-order valence-corrected chi connectivity index (χ3v) is 3.70. The largest absolute Gasteiger partial charge is 0.479 e. The molecule has 0 fully saturated rings. The van der Waals surface area contributed by atoms with Gasteiger partial charge in [-0.15, -0.1) is 0 Å². The van der Waals surface area contributed by atoms with Crippen LogP contribution in [0.15, 0.2) is 51.7 Å². The van der Waals surface area contributed by atoms with Crippen molar-refractivity contribution in [2.45, 2.75) is 6.92 Å². The summed E-state index contributed by atoms with van der Waals surface area (Å²) < 4.78 is 11.1. The lowest BCUT2D eigenvalue weighted by Crippen LogP contribution is -2.16. The number of benzene rings is 2. The summed E-state index contributed by atoms with van der Waals surface area (Å²) in [6.07, 6.45) is 0. The number of aryl methyl sites for hydroxylation is 1. The molecule has 0 aliphatic carbocycles. The molecule has 5 nitrogen and oxygen atoms in total. The lowest BCUT2D eigenvalue weighted by atomic mass is 10.1. The maximum absolute atomic E-state index is 12.7. The minimum atomic E-state index is -1.18. The van der Waals surface area contributed by atoms with E-state index in [0.717, 1.165) is 5.56 Å². The second-order valence-corrected chi connectivity index (χ2v) is 5.71. The molecule has 0 bridgehead atoms. The Hall–Kier alpha value is -2.79.